The molecule has 2 aromatic rings. The lowest BCUT2D eigenvalue weighted by molar-refractivity contribution is 0.397. The zero-order valence-electron chi connectivity index (χ0n) is 10.7. The second-order valence-electron chi connectivity index (χ2n) is 4.64. The normalized spacial score (nSPS) is 14.4. The molecule has 1 aromatic heterocycles. The summed E-state index contributed by atoms with van der Waals surface area (Å²) in [6, 6.07) is 12.5. The van der Waals surface area contributed by atoms with Crippen LogP contribution in [0.1, 0.15) is 31.2 Å². The summed E-state index contributed by atoms with van der Waals surface area (Å²) >= 11 is 5.98. The highest BCUT2D eigenvalue weighted by Crippen LogP contribution is 2.16. The third kappa shape index (κ3) is 3.62. The van der Waals surface area contributed by atoms with Crippen LogP contribution in [0.2, 0.25) is 5.02 Å². The van der Waals surface area contributed by atoms with Crippen molar-refractivity contribution in [3.8, 4) is 0 Å². The average molecular weight is 264 g/mol. The summed E-state index contributed by atoms with van der Waals surface area (Å²) in [4.78, 5) is 0. The number of rotatable bonds is 5. The zero-order valence-corrected chi connectivity index (χ0v) is 11.4. The maximum absolute atomic E-state index is 5.98. The first-order chi connectivity index (χ1) is 8.65. The van der Waals surface area contributed by atoms with E-state index in [1.54, 1.807) is 6.26 Å². The molecule has 0 aliphatic carbocycles. The molecule has 1 N–H and O–H groups in total. The average Bonchev–Trinajstić information content (AvgIpc) is 2.81. The Hall–Kier alpha value is -1.25. The van der Waals surface area contributed by atoms with Gasteiger partial charge in [-0.25, -0.2) is 0 Å². The molecule has 0 saturated heterocycles. The highest BCUT2D eigenvalue weighted by molar-refractivity contribution is 6.30. The van der Waals surface area contributed by atoms with E-state index in [4.69, 9.17) is 16.0 Å². The quantitative estimate of drug-likeness (QED) is 0.874. The van der Waals surface area contributed by atoms with Crippen molar-refractivity contribution in [2.24, 2.45) is 0 Å². The van der Waals surface area contributed by atoms with Crippen LogP contribution in [0.25, 0.3) is 0 Å². The van der Waals surface area contributed by atoms with Crippen LogP contribution in [0.15, 0.2) is 47.1 Å². The van der Waals surface area contributed by atoms with E-state index in [9.17, 15) is 0 Å². The standard InChI is InChI=1S/C15H18ClNO/c1-11(9-13-5-3-6-14(16)10-13)17-12(2)15-7-4-8-18-15/h3-8,10-12,17H,9H2,1-2H3. The molecule has 0 bridgehead atoms. The predicted molar refractivity (Wildman–Crippen MR) is 74.9 cm³/mol. The van der Waals surface area contributed by atoms with Gasteiger partial charge >= 0.3 is 0 Å². The van der Waals surface area contributed by atoms with Gasteiger partial charge in [0.25, 0.3) is 0 Å². The zero-order chi connectivity index (χ0) is 13.0. The largest absolute Gasteiger partial charge is 0.468 e. The van der Waals surface area contributed by atoms with Crippen molar-refractivity contribution < 1.29 is 4.42 Å². The number of hydrogen-bond acceptors (Lipinski definition) is 2. The van der Waals surface area contributed by atoms with Gasteiger partial charge in [-0.2, -0.15) is 0 Å². The summed E-state index contributed by atoms with van der Waals surface area (Å²) in [5.41, 5.74) is 1.24. The topological polar surface area (TPSA) is 25.2 Å². The van der Waals surface area contributed by atoms with E-state index < -0.39 is 0 Å². The molecule has 2 unspecified atom stereocenters. The lowest BCUT2D eigenvalue weighted by Crippen LogP contribution is -2.30. The Balaban J connectivity index is 1.91. The second-order valence-corrected chi connectivity index (χ2v) is 5.08. The molecule has 0 amide bonds. The smallest absolute Gasteiger partial charge is 0.120 e. The lowest BCUT2D eigenvalue weighted by Gasteiger charge is -2.18. The summed E-state index contributed by atoms with van der Waals surface area (Å²) in [6.07, 6.45) is 2.65. The van der Waals surface area contributed by atoms with Crippen LogP contribution in [0.3, 0.4) is 0 Å². The number of hydrogen-bond donors (Lipinski definition) is 1. The van der Waals surface area contributed by atoms with Crippen LogP contribution in [-0.2, 0) is 6.42 Å². The van der Waals surface area contributed by atoms with E-state index in [0.717, 1.165) is 17.2 Å². The summed E-state index contributed by atoms with van der Waals surface area (Å²) in [5, 5.41) is 4.30. The monoisotopic (exact) mass is 263 g/mol. The first kappa shape index (κ1) is 13.2. The van der Waals surface area contributed by atoms with Crippen molar-refractivity contribution in [1.29, 1.82) is 0 Å². The van der Waals surface area contributed by atoms with Gasteiger partial charge in [-0.05, 0) is 50.1 Å². The molecule has 2 nitrogen and oxygen atoms in total. The van der Waals surface area contributed by atoms with Crippen LogP contribution < -0.4 is 5.32 Å². The Kier molecular flexibility index (Phi) is 4.45. The molecule has 0 fully saturated rings. The van der Waals surface area contributed by atoms with Crippen molar-refractivity contribution in [3.05, 3.63) is 59.0 Å². The minimum atomic E-state index is 0.217. The van der Waals surface area contributed by atoms with Crippen molar-refractivity contribution in [1.82, 2.24) is 5.32 Å². The van der Waals surface area contributed by atoms with E-state index in [2.05, 4.69) is 25.2 Å². The van der Waals surface area contributed by atoms with Crippen LogP contribution in [-0.4, -0.2) is 6.04 Å². The Bertz CT molecular complexity index is 481. The molecule has 1 heterocycles. The molecule has 0 aliphatic heterocycles. The van der Waals surface area contributed by atoms with Gasteiger partial charge in [0.2, 0.25) is 0 Å². The molecule has 0 aliphatic rings. The highest BCUT2D eigenvalue weighted by Gasteiger charge is 2.11. The van der Waals surface area contributed by atoms with Gasteiger partial charge in [-0.3, -0.25) is 0 Å². The summed E-state index contributed by atoms with van der Waals surface area (Å²) in [7, 11) is 0. The summed E-state index contributed by atoms with van der Waals surface area (Å²) in [5.74, 6) is 0.966. The Morgan fingerprint density at radius 1 is 1.22 bits per heavy atom. The minimum absolute atomic E-state index is 0.217. The van der Waals surface area contributed by atoms with Gasteiger partial charge in [-0.15, -0.1) is 0 Å². The van der Waals surface area contributed by atoms with Gasteiger partial charge < -0.3 is 9.73 Å². The number of furan rings is 1. The molecule has 18 heavy (non-hydrogen) atoms. The fourth-order valence-electron chi connectivity index (χ4n) is 2.12. The van der Waals surface area contributed by atoms with Crippen molar-refractivity contribution in [3.63, 3.8) is 0 Å². The number of nitrogens with one attached hydrogen (secondary N) is 1. The van der Waals surface area contributed by atoms with E-state index in [-0.39, 0.29) is 6.04 Å². The Morgan fingerprint density at radius 2 is 2.06 bits per heavy atom. The maximum atomic E-state index is 5.98. The molecule has 0 radical (unpaired) electrons. The van der Waals surface area contributed by atoms with Crippen molar-refractivity contribution >= 4 is 11.6 Å². The fourth-order valence-corrected chi connectivity index (χ4v) is 2.34. The molecule has 2 atom stereocenters. The van der Waals surface area contributed by atoms with Gasteiger partial charge in [-0.1, -0.05) is 23.7 Å². The third-order valence-electron chi connectivity index (χ3n) is 2.94. The van der Waals surface area contributed by atoms with Gasteiger partial charge in [0, 0.05) is 11.1 Å². The van der Waals surface area contributed by atoms with E-state index in [1.807, 2.05) is 30.3 Å². The summed E-state index contributed by atoms with van der Waals surface area (Å²) in [6.45, 7) is 4.27. The van der Waals surface area contributed by atoms with Crippen LogP contribution >= 0.6 is 11.6 Å². The fraction of sp³-hybridized carbons (Fsp3) is 0.333. The van der Waals surface area contributed by atoms with Crippen LogP contribution in [0, 0.1) is 0 Å². The van der Waals surface area contributed by atoms with Gasteiger partial charge in [0.05, 0.1) is 12.3 Å². The van der Waals surface area contributed by atoms with Crippen LogP contribution in [0.4, 0.5) is 0 Å². The van der Waals surface area contributed by atoms with E-state index in [0.29, 0.717) is 6.04 Å². The SMILES string of the molecule is CC(Cc1cccc(Cl)c1)NC(C)c1ccco1. The number of benzene rings is 1. The van der Waals surface area contributed by atoms with Crippen LogP contribution in [0.5, 0.6) is 0 Å². The first-order valence-corrected chi connectivity index (χ1v) is 6.57. The molecule has 1 aromatic carbocycles. The first-order valence-electron chi connectivity index (χ1n) is 6.19. The molecule has 0 saturated carbocycles. The lowest BCUT2D eigenvalue weighted by atomic mass is 10.1. The van der Waals surface area contributed by atoms with E-state index >= 15 is 0 Å². The van der Waals surface area contributed by atoms with Gasteiger partial charge in [0.1, 0.15) is 5.76 Å². The second kappa shape index (κ2) is 6.07. The molecule has 96 valence electrons. The molecule has 2 rings (SSSR count). The highest BCUT2D eigenvalue weighted by atomic mass is 35.5. The summed E-state index contributed by atoms with van der Waals surface area (Å²) < 4.78 is 5.38. The molecular formula is C15H18ClNO. The Labute approximate surface area is 113 Å². The molecular weight excluding hydrogens is 246 g/mol. The maximum Gasteiger partial charge on any atom is 0.120 e. The molecule has 3 heteroatoms. The van der Waals surface area contributed by atoms with Crippen molar-refractivity contribution in [2.75, 3.05) is 0 Å². The van der Waals surface area contributed by atoms with Gasteiger partial charge in [0.15, 0.2) is 0 Å². The van der Waals surface area contributed by atoms with E-state index in [1.165, 1.54) is 5.56 Å². The predicted octanol–water partition coefficient (Wildman–Crippen LogP) is 4.21. The minimum Gasteiger partial charge on any atom is -0.468 e. The third-order valence-corrected chi connectivity index (χ3v) is 3.17. The molecule has 0 spiro atoms. The Morgan fingerprint density at radius 3 is 2.72 bits per heavy atom. The van der Waals surface area contributed by atoms with Crippen molar-refractivity contribution in [2.45, 2.75) is 32.4 Å². The number of halogens is 1.